The van der Waals surface area contributed by atoms with Crippen molar-refractivity contribution in [3.05, 3.63) is 180 Å². The van der Waals surface area contributed by atoms with Crippen molar-refractivity contribution in [3.8, 4) is 34.5 Å². The number of aliphatic hydroxyl groups is 4. The van der Waals surface area contributed by atoms with Gasteiger partial charge in [-0.15, -0.1) is 0 Å². The van der Waals surface area contributed by atoms with Crippen molar-refractivity contribution in [2.45, 2.75) is 25.7 Å². The summed E-state index contributed by atoms with van der Waals surface area (Å²) in [6.45, 7) is -0.694. The molecule has 0 amide bonds. The zero-order chi connectivity index (χ0) is 41.7. The van der Waals surface area contributed by atoms with E-state index in [1.54, 1.807) is 60.7 Å². The molecule has 7 rings (SSSR count). The Kier molecular flexibility index (Phi) is 14.4. The summed E-state index contributed by atoms with van der Waals surface area (Å²) in [5.41, 5.74) is 2.59. The fourth-order valence-corrected chi connectivity index (χ4v) is 15.9. The van der Waals surface area contributed by atoms with E-state index in [9.17, 15) is 20.4 Å². The van der Waals surface area contributed by atoms with Gasteiger partial charge in [-0.2, -0.15) is 0 Å². The molecule has 1 unspecified atom stereocenters. The number of hydrogen-bond acceptors (Lipinski definition) is 13. The minimum absolute atomic E-state index is 0.164. The van der Waals surface area contributed by atoms with E-state index in [1.807, 2.05) is 97.1 Å². The average molecular weight is 872 g/mol. The summed E-state index contributed by atoms with van der Waals surface area (Å²) in [7, 11) is -10.5. The predicted molar refractivity (Wildman–Crippen MR) is 235 cm³/mol. The van der Waals surface area contributed by atoms with Crippen LogP contribution in [0.15, 0.2) is 162 Å². The van der Waals surface area contributed by atoms with Crippen LogP contribution < -0.4 is 32.3 Å². The second kappa shape index (κ2) is 20.0. The third kappa shape index (κ3) is 9.62. The van der Waals surface area contributed by atoms with Crippen LogP contribution in [0, 0.1) is 0 Å². The Balaban J connectivity index is 1.61. The van der Waals surface area contributed by atoms with Crippen molar-refractivity contribution in [1.29, 1.82) is 0 Å². The SMILES string of the molecule is OCCc1ccccc1OP1(Oc2ccccc2CCO)=NPNP(Oc2ccccc2)(Oc2ccccc2CCO)(Oc2ccccc2CCO)N1Oc1ccccc1. The van der Waals surface area contributed by atoms with Gasteiger partial charge in [-0.25, -0.2) is 0 Å². The van der Waals surface area contributed by atoms with Crippen LogP contribution in [0.1, 0.15) is 22.3 Å². The number of rotatable bonds is 20. The molecule has 1 heterocycles. The van der Waals surface area contributed by atoms with Gasteiger partial charge in [0.05, 0.1) is 0 Å². The molecule has 314 valence electrons. The van der Waals surface area contributed by atoms with Crippen molar-refractivity contribution in [2.75, 3.05) is 26.4 Å². The predicted octanol–water partition coefficient (Wildman–Crippen LogP) is 9.00. The summed E-state index contributed by atoms with van der Waals surface area (Å²) in [4.78, 5) is 10.6. The molecule has 1 aliphatic rings. The Morgan fingerprint density at radius 1 is 0.467 bits per heavy atom. The topological polar surface area (TPSA) is 164 Å². The Bertz CT molecular complexity index is 2270. The minimum atomic E-state index is -5.64. The van der Waals surface area contributed by atoms with Gasteiger partial charge < -0.3 is 0 Å². The monoisotopic (exact) mass is 871 g/mol. The number of hydrogen-bond donors (Lipinski definition) is 5. The van der Waals surface area contributed by atoms with Crippen LogP contribution in [0.2, 0.25) is 0 Å². The first kappa shape index (κ1) is 43.1. The number of para-hydroxylation sites is 6. The number of nitrogens with zero attached hydrogens (tertiary/aromatic N) is 2. The molecule has 0 aromatic heterocycles. The Hall–Kier alpha value is -5.03. The molecule has 0 fully saturated rings. The van der Waals surface area contributed by atoms with Gasteiger partial charge in [-0.3, -0.25) is 0 Å². The molecule has 60 heavy (non-hydrogen) atoms. The van der Waals surface area contributed by atoms with Gasteiger partial charge in [-0.1, -0.05) is 0 Å². The maximum absolute atomic E-state index is 10.3. The Morgan fingerprint density at radius 3 is 1.27 bits per heavy atom. The molecule has 0 saturated heterocycles. The molecule has 0 radical (unpaired) electrons. The van der Waals surface area contributed by atoms with Crippen LogP contribution in [0.3, 0.4) is 0 Å². The standard InChI is InChI=1S/C44H48N3O10P3/c48-31-27-35-15-7-11-23-41(35)53-59(54-42-24-12-8-16-36(42)28-32-49)45-58-46-60(55-40-21-5-2-6-22-40,47(59)52-39-19-3-1-4-20-39,56-43-25-13-9-17-37(43)29-33-50)57-44-26-14-10-18-38(44)30-34-51/h1-26,46,48-51,58H,27-34H2. The van der Waals surface area contributed by atoms with Gasteiger partial charge >= 0.3 is 353 Å². The van der Waals surface area contributed by atoms with Crippen LogP contribution >= 0.6 is 24.1 Å². The molecule has 0 aliphatic carbocycles. The zero-order valence-electron chi connectivity index (χ0n) is 32.7. The molecule has 16 heteroatoms. The molecule has 0 bridgehead atoms. The van der Waals surface area contributed by atoms with Gasteiger partial charge in [0.1, 0.15) is 0 Å². The quantitative estimate of drug-likeness (QED) is 0.0464. The maximum atomic E-state index is 10.3. The van der Waals surface area contributed by atoms with Crippen molar-refractivity contribution in [2.24, 2.45) is 4.52 Å². The Labute approximate surface area is 351 Å². The summed E-state index contributed by atoms with van der Waals surface area (Å²) in [6, 6.07) is 47.0. The van der Waals surface area contributed by atoms with E-state index in [1.165, 1.54) is 4.60 Å². The van der Waals surface area contributed by atoms with E-state index in [0.29, 0.717) is 56.8 Å². The van der Waals surface area contributed by atoms with Gasteiger partial charge in [0.15, 0.2) is 0 Å². The fourth-order valence-electron chi connectivity index (χ4n) is 6.45. The molecule has 6 aromatic rings. The van der Waals surface area contributed by atoms with Crippen LogP contribution in [0.5, 0.6) is 34.5 Å². The number of benzene rings is 6. The molecule has 1 atom stereocenters. The number of aliphatic hydroxyl groups excluding tert-OH is 4. The zero-order valence-corrected chi connectivity index (χ0v) is 35.5. The van der Waals surface area contributed by atoms with Crippen molar-refractivity contribution in [1.82, 2.24) is 9.46 Å². The molecular formula is C44H48N3O10P3. The summed E-state index contributed by atoms with van der Waals surface area (Å²) in [5.74, 6) is 1.90. The second-order valence-corrected chi connectivity index (χ2v) is 19.9. The first-order valence-corrected chi connectivity index (χ1v) is 23.8. The molecule has 6 aromatic carbocycles. The van der Waals surface area contributed by atoms with Crippen molar-refractivity contribution < 1.29 is 47.9 Å². The normalized spacial score (nSPS) is 16.4. The third-order valence-corrected chi connectivity index (χ3v) is 17.8. The molecule has 13 nitrogen and oxygen atoms in total. The summed E-state index contributed by atoms with van der Waals surface area (Å²) >= 11 is 0. The Morgan fingerprint density at radius 2 is 0.833 bits per heavy atom. The average Bonchev–Trinajstić information content (AvgIpc) is 3.26. The van der Waals surface area contributed by atoms with Gasteiger partial charge in [-0.05, 0) is 0 Å². The van der Waals surface area contributed by atoms with E-state index in [0.717, 1.165) is 0 Å². The van der Waals surface area contributed by atoms with Crippen molar-refractivity contribution >= 4 is 24.1 Å². The van der Waals surface area contributed by atoms with Gasteiger partial charge in [0, 0.05) is 0 Å². The molecule has 0 spiro atoms. The van der Waals surface area contributed by atoms with E-state index in [-0.39, 0.29) is 52.1 Å². The second-order valence-electron chi connectivity index (χ2n) is 13.4. The molecule has 1 aliphatic heterocycles. The number of nitrogens with one attached hydrogen (secondary N) is 1. The van der Waals surface area contributed by atoms with Crippen LogP contribution in [0.25, 0.3) is 0 Å². The third-order valence-electron chi connectivity index (χ3n) is 9.23. The van der Waals surface area contributed by atoms with Crippen molar-refractivity contribution in [3.63, 3.8) is 0 Å². The van der Waals surface area contributed by atoms with Gasteiger partial charge in [0.25, 0.3) is 0 Å². The summed E-state index contributed by atoms with van der Waals surface area (Å²) < 4.78 is 43.3. The molecule has 0 saturated carbocycles. The summed E-state index contributed by atoms with van der Waals surface area (Å²) in [5, 5.41) is 40.9. The van der Waals surface area contributed by atoms with E-state index in [2.05, 4.69) is 4.86 Å². The van der Waals surface area contributed by atoms with Crippen LogP contribution in [-0.2, 0) is 25.7 Å². The van der Waals surface area contributed by atoms with Crippen LogP contribution in [-0.4, -0.2) is 51.5 Å². The summed E-state index contributed by atoms with van der Waals surface area (Å²) in [6.07, 6.45) is 0.935. The van der Waals surface area contributed by atoms with Crippen LogP contribution in [0.4, 0.5) is 0 Å². The van der Waals surface area contributed by atoms with E-state index in [4.69, 9.17) is 32.0 Å². The molecule has 5 N–H and O–H groups in total. The molecular weight excluding hydrogens is 823 g/mol. The first-order valence-electron chi connectivity index (χ1n) is 19.4. The van der Waals surface area contributed by atoms with Gasteiger partial charge in [0.2, 0.25) is 0 Å². The first-order chi connectivity index (χ1) is 29.4. The fraction of sp³-hybridized carbons (Fsp3) is 0.182. The van der Waals surface area contributed by atoms with E-state index < -0.39 is 24.1 Å². The van der Waals surface area contributed by atoms with E-state index >= 15 is 0 Å².